The molecule has 1 aromatic heterocycles. The first-order valence-corrected chi connectivity index (χ1v) is 10.8. The molecule has 2 aromatic rings. The number of nitrogens with one attached hydrogen (secondary N) is 1. The van der Waals surface area contributed by atoms with Crippen molar-refractivity contribution in [3.05, 3.63) is 54.0 Å². The topological polar surface area (TPSA) is 92.3 Å². The molecule has 2 heterocycles. The molecular formula is C19H24N4O3S. The molecule has 0 saturated carbocycles. The minimum absolute atomic E-state index is 0.0176. The highest BCUT2D eigenvalue weighted by Crippen LogP contribution is 2.18. The van der Waals surface area contributed by atoms with Crippen LogP contribution < -0.4 is 5.32 Å². The van der Waals surface area contributed by atoms with Gasteiger partial charge in [-0.2, -0.15) is 0 Å². The van der Waals surface area contributed by atoms with E-state index in [4.69, 9.17) is 0 Å². The third-order valence-electron chi connectivity index (χ3n) is 4.74. The first-order chi connectivity index (χ1) is 12.9. The number of nitrogens with zero attached hydrogens (tertiary/aromatic N) is 3. The summed E-state index contributed by atoms with van der Waals surface area (Å²) in [6.45, 7) is 0.761. The van der Waals surface area contributed by atoms with Crippen LogP contribution in [0.5, 0.6) is 0 Å². The minimum atomic E-state index is -3.04. The van der Waals surface area contributed by atoms with Crippen molar-refractivity contribution >= 4 is 21.6 Å². The zero-order valence-corrected chi connectivity index (χ0v) is 16.2. The van der Waals surface area contributed by atoms with E-state index in [1.54, 1.807) is 7.05 Å². The molecular weight excluding hydrogens is 364 g/mol. The van der Waals surface area contributed by atoms with Crippen molar-refractivity contribution in [2.75, 3.05) is 30.4 Å². The molecule has 1 aliphatic heterocycles. The third kappa shape index (κ3) is 5.26. The molecule has 1 atom stereocenters. The molecule has 0 spiro atoms. The van der Waals surface area contributed by atoms with Crippen LogP contribution >= 0.6 is 0 Å². The van der Waals surface area contributed by atoms with Crippen LogP contribution in [0.1, 0.15) is 28.9 Å². The maximum atomic E-state index is 12.5. The van der Waals surface area contributed by atoms with Gasteiger partial charge in [-0.3, -0.25) is 4.79 Å². The van der Waals surface area contributed by atoms with E-state index in [1.807, 2.05) is 18.2 Å². The molecule has 1 amide bonds. The van der Waals surface area contributed by atoms with Crippen molar-refractivity contribution in [1.82, 2.24) is 14.9 Å². The molecule has 27 heavy (non-hydrogen) atoms. The van der Waals surface area contributed by atoms with Gasteiger partial charge in [-0.25, -0.2) is 18.4 Å². The second kappa shape index (κ2) is 8.47. The maximum absolute atomic E-state index is 12.5. The van der Waals surface area contributed by atoms with Gasteiger partial charge >= 0.3 is 0 Å². The van der Waals surface area contributed by atoms with Gasteiger partial charge in [-0.1, -0.05) is 30.3 Å². The van der Waals surface area contributed by atoms with Crippen LogP contribution in [0.2, 0.25) is 0 Å². The molecule has 0 bridgehead atoms. The molecule has 0 radical (unpaired) electrons. The maximum Gasteiger partial charge on any atom is 0.274 e. The SMILES string of the molecule is CN(C(=O)c1cnc(NCCCc2ccccc2)cn1)C1CCS(=O)(=O)C1. The molecule has 1 fully saturated rings. The highest BCUT2D eigenvalue weighted by atomic mass is 32.2. The van der Waals surface area contributed by atoms with Crippen molar-refractivity contribution < 1.29 is 13.2 Å². The molecule has 3 rings (SSSR count). The van der Waals surface area contributed by atoms with Gasteiger partial charge in [0.25, 0.3) is 5.91 Å². The zero-order valence-electron chi connectivity index (χ0n) is 15.3. The van der Waals surface area contributed by atoms with Crippen LogP contribution in [-0.2, 0) is 16.3 Å². The van der Waals surface area contributed by atoms with Crippen LogP contribution in [0.4, 0.5) is 5.82 Å². The molecule has 8 heteroatoms. The lowest BCUT2D eigenvalue weighted by atomic mass is 10.1. The van der Waals surface area contributed by atoms with Crippen LogP contribution in [0.25, 0.3) is 0 Å². The predicted octanol–water partition coefficient (Wildman–Crippen LogP) is 1.78. The summed E-state index contributed by atoms with van der Waals surface area (Å²) in [6.07, 6.45) is 5.38. The van der Waals surface area contributed by atoms with Gasteiger partial charge in [0.15, 0.2) is 9.84 Å². The number of rotatable bonds is 7. The molecule has 144 valence electrons. The molecule has 0 aliphatic carbocycles. The van der Waals surface area contributed by atoms with Gasteiger partial charge in [0.2, 0.25) is 0 Å². The first-order valence-electron chi connectivity index (χ1n) is 9.02. The van der Waals surface area contributed by atoms with Crippen molar-refractivity contribution in [3.8, 4) is 0 Å². The van der Waals surface area contributed by atoms with Gasteiger partial charge in [0.05, 0.1) is 23.9 Å². The van der Waals surface area contributed by atoms with E-state index >= 15 is 0 Å². The Morgan fingerprint density at radius 3 is 2.63 bits per heavy atom. The average molecular weight is 388 g/mol. The number of hydrogen-bond acceptors (Lipinski definition) is 6. The monoisotopic (exact) mass is 388 g/mol. The number of aromatic nitrogens is 2. The van der Waals surface area contributed by atoms with E-state index in [1.165, 1.54) is 22.9 Å². The normalized spacial score (nSPS) is 18.2. The van der Waals surface area contributed by atoms with Crippen LogP contribution in [0, 0.1) is 0 Å². The van der Waals surface area contributed by atoms with Crippen molar-refractivity contribution in [2.45, 2.75) is 25.3 Å². The third-order valence-corrected chi connectivity index (χ3v) is 6.49. The van der Waals surface area contributed by atoms with E-state index in [0.29, 0.717) is 12.2 Å². The summed E-state index contributed by atoms with van der Waals surface area (Å²) in [4.78, 5) is 22.4. The van der Waals surface area contributed by atoms with E-state index in [2.05, 4.69) is 27.4 Å². The molecule has 1 saturated heterocycles. The van der Waals surface area contributed by atoms with Crippen molar-refractivity contribution in [1.29, 1.82) is 0 Å². The van der Waals surface area contributed by atoms with Gasteiger partial charge in [-0.15, -0.1) is 0 Å². The Morgan fingerprint density at radius 1 is 1.22 bits per heavy atom. The second-order valence-electron chi connectivity index (χ2n) is 6.78. The summed E-state index contributed by atoms with van der Waals surface area (Å²) in [6, 6.07) is 9.98. The zero-order chi connectivity index (χ0) is 19.3. The number of hydrogen-bond donors (Lipinski definition) is 1. The van der Waals surface area contributed by atoms with Crippen LogP contribution in [0.3, 0.4) is 0 Å². The molecule has 1 N–H and O–H groups in total. The van der Waals surface area contributed by atoms with E-state index in [9.17, 15) is 13.2 Å². The Labute approximate surface area is 159 Å². The first kappa shape index (κ1) is 19.3. The standard InChI is InChI=1S/C19H24N4O3S/c1-23(16-9-11-27(25,26)14-16)19(24)17-12-22-18(13-21-17)20-10-5-8-15-6-3-2-4-7-15/h2-4,6-7,12-13,16H,5,8-11,14H2,1H3,(H,20,22). The Morgan fingerprint density at radius 2 is 2.00 bits per heavy atom. The van der Waals surface area contributed by atoms with Crippen molar-refractivity contribution in [3.63, 3.8) is 0 Å². The Bertz CT molecular complexity index is 870. The van der Waals surface area contributed by atoms with E-state index < -0.39 is 9.84 Å². The molecule has 1 aromatic carbocycles. The van der Waals surface area contributed by atoms with E-state index in [-0.39, 0.29) is 29.1 Å². The lowest BCUT2D eigenvalue weighted by Crippen LogP contribution is -2.38. The summed E-state index contributed by atoms with van der Waals surface area (Å²) in [7, 11) is -1.42. The lowest BCUT2D eigenvalue weighted by molar-refractivity contribution is 0.0741. The number of amides is 1. The number of sulfone groups is 1. The fraction of sp³-hybridized carbons (Fsp3) is 0.421. The highest BCUT2D eigenvalue weighted by Gasteiger charge is 2.33. The minimum Gasteiger partial charge on any atom is -0.369 e. The summed E-state index contributed by atoms with van der Waals surface area (Å²) in [5.41, 5.74) is 1.51. The number of benzene rings is 1. The number of carbonyl (C=O) groups is 1. The molecule has 1 unspecified atom stereocenters. The van der Waals surface area contributed by atoms with Gasteiger partial charge in [0, 0.05) is 19.6 Å². The molecule has 1 aliphatic rings. The smallest absolute Gasteiger partial charge is 0.274 e. The van der Waals surface area contributed by atoms with Gasteiger partial charge in [-0.05, 0) is 24.8 Å². The second-order valence-corrected chi connectivity index (χ2v) is 9.00. The van der Waals surface area contributed by atoms with E-state index in [0.717, 1.165) is 19.4 Å². The Kier molecular flexibility index (Phi) is 6.05. The Hall–Kier alpha value is -2.48. The fourth-order valence-corrected chi connectivity index (χ4v) is 4.89. The summed E-state index contributed by atoms with van der Waals surface area (Å²) in [5.74, 6) is 0.460. The number of aryl methyl sites for hydroxylation is 1. The molecule has 7 nitrogen and oxygen atoms in total. The lowest BCUT2D eigenvalue weighted by Gasteiger charge is -2.22. The van der Waals surface area contributed by atoms with Crippen LogP contribution in [-0.4, -0.2) is 60.3 Å². The quantitative estimate of drug-likeness (QED) is 0.727. The average Bonchev–Trinajstić information content (AvgIpc) is 3.05. The van der Waals surface area contributed by atoms with Crippen molar-refractivity contribution in [2.24, 2.45) is 0 Å². The largest absolute Gasteiger partial charge is 0.369 e. The summed E-state index contributed by atoms with van der Waals surface area (Å²) >= 11 is 0. The van der Waals surface area contributed by atoms with Gasteiger partial charge in [0.1, 0.15) is 11.5 Å². The predicted molar refractivity (Wildman–Crippen MR) is 104 cm³/mol. The summed E-state index contributed by atoms with van der Waals surface area (Å²) in [5, 5.41) is 3.20. The fourth-order valence-electron chi connectivity index (χ4n) is 3.11. The number of carbonyl (C=O) groups excluding carboxylic acids is 1. The highest BCUT2D eigenvalue weighted by molar-refractivity contribution is 7.91. The number of anilines is 1. The van der Waals surface area contributed by atoms with Gasteiger partial charge < -0.3 is 10.2 Å². The Balaban J connectivity index is 1.48. The summed E-state index contributed by atoms with van der Waals surface area (Å²) < 4.78 is 23.2. The van der Waals surface area contributed by atoms with Crippen LogP contribution in [0.15, 0.2) is 42.7 Å².